The van der Waals surface area contributed by atoms with E-state index < -0.39 is 5.97 Å². The molecule has 0 amide bonds. The van der Waals surface area contributed by atoms with Crippen LogP contribution < -0.4 is 10.6 Å². The molecule has 0 spiro atoms. The van der Waals surface area contributed by atoms with Crippen LogP contribution in [-0.4, -0.2) is 53.1 Å². The smallest absolute Gasteiger partial charge is 0.303 e. The summed E-state index contributed by atoms with van der Waals surface area (Å²) in [5.74, 6) is 1.03. The van der Waals surface area contributed by atoms with Crippen molar-refractivity contribution in [1.82, 2.24) is 20.2 Å². The lowest BCUT2D eigenvalue weighted by atomic mass is 10.0. The monoisotopic (exact) mass is 493 g/mol. The molecular formula is C29H43N5O2. The maximum atomic E-state index is 9.37. The fourth-order valence-corrected chi connectivity index (χ4v) is 3.43. The lowest BCUT2D eigenvalue weighted by molar-refractivity contribution is -0.136. The third-order valence-corrected chi connectivity index (χ3v) is 5.96. The van der Waals surface area contributed by atoms with Crippen LogP contribution in [0.2, 0.25) is 0 Å². The molecule has 1 saturated carbocycles. The summed E-state index contributed by atoms with van der Waals surface area (Å²) in [5, 5.41) is 15.5. The van der Waals surface area contributed by atoms with Crippen molar-refractivity contribution < 1.29 is 9.90 Å². The highest BCUT2D eigenvalue weighted by molar-refractivity contribution is 5.88. The normalized spacial score (nSPS) is 12.1. The van der Waals surface area contributed by atoms with E-state index in [4.69, 9.17) is 15.1 Å². The Labute approximate surface area is 216 Å². The van der Waals surface area contributed by atoms with Gasteiger partial charge >= 0.3 is 5.97 Å². The van der Waals surface area contributed by atoms with Gasteiger partial charge in [-0.05, 0) is 57.2 Å². The Morgan fingerprint density at radius 3 is 2.22 bits per heavy atom. The molecule has 7 nitrogen and oxygen atoms in total. The first-order chi connectivity index (χ1) is 17.4. The first kappa shape index (κ1) is 29.2. The summed E-state index contributed by atoms with van der Waals surface area (Å²) >= 11 is 0. The average Bonchev–Trinajstić information content (AvgIpc) is 2.82. The Bertz CT molecular complexity index is 1050. The van der Waals surface area contributed by atoms with Crippen LogP contribution in [0.4, 0.5) is 5.82 Å². The van der Waals surface area contributed by atoms with Gasteiger partial charge in [-0.1, -0.05) is 69.0 Å². The average molecular weight is 494 g/mol. The van der Waals surface area contributed by atoms with Gasteiger partial charge in [0.1, 0.15) is 11.6 Å². The van der Waals surface area contributed by atoms with E-state index in [0.29, 0.717) is 6.54 Å². The van der Waals surface area contributed by atoms with Gasteiger partial charge < -0.3 is 15.7 Å². The number of carboxylic acids is 1. The van der Waals surface area contributed by atoms with Gasteiger partial charge in [0.25, 0.3) is 0 Å². The standard InChI is InChI=1S/C22H29N5.C4H8.C3H6O2/c1-17-9-4-5-10-18(17)15-27(3)16-21-25-20-12-7-6-11-19(20)22(26-21)24-14-8-13-23-2;1-2-4-3-1;1-2-3(4)5/h4-7,9-12,23H,8,13-16H2,1-3H3,(H,24,25,26);1-4H2;2H2,1H3,(H,4,5). The lowest BCUT2D eigenvalue weighted by Gasteiger charge is -2.18. The Morgan fingerprint density at radius 1 is 0.972 bits per heavy atom. The van der Waals surface area contributed by atoms with Crippen molar-refractivity contribution in [3.8, 4) is 0 Å². The van der Waals surface area contributed by atoms with E-state index in [9.17, 15) is 4.79 Å². The number of aryl methyl sites for hydroxylation is 1. The van der Waals surface area contributed by atoms with Crippen molar-refractivity contribution in [1.29, 1.82) is 0 Å². The van der Waals surface area contributed by atoms with E-state index in [1.54, 1.807) is 6.92 Å². The Hall–Kier alpha value is -3.03. The van der Waals surface area contributed by atoms with Crippen LogP contribution >= 0.6 is 0 Å². The van der Waals surface area contributed by atoms with Crippen LogP contribution in [0.1, 0.15) is 62.4 Å². The Kier molecular flexibility index (Phi) is 13.5. The van der Waals surface area contributed by atoms with Crippen LogP contribution in [0.5, 0.6) is 0 Å². The molecule has 1 aromatic heterocycles. The van der Waals surface area contributed by atoms with Gasteiger partial charge in [-0.25, -0.2) is 9.97 Å². The maximum Gasteiger partial charge on any atom is 0.303 e. The predicted octanol–water partition coefficient (Wildman–Crippen LogP) is 5.63. The number of para-hydroxylation sites is 1. The number of carboxylic acid groups (broad SMARTS) is 1. The van der Waals surface area contributed by atoms with E-state index in [1.165, 1.54) is 36.8 Å². The van der Waals surface area contributed by atoms with Crippen molar-refractivity contribution in [3.63, 3.8) is 0 Å². The molecule has 1 heterocycles. The highest BCUT2D eigenvalue weighted by atomic mass is 16.4. The number of hydrogen-bond donors (Lipinski definition) is 3. The summed E-state index contributed by atoms with van der Waals surface area (Å²) in [6.07, 6.45) is 7.28. The second kappa shape index (κ2) is 16.6. The largest absolute Gasteiger partial charge is 0.481 e. The van der Waals surface area contributed by atoms with Crippen molar-refractivity contribution in [2.45, 2.75) is 65.5 Å². The topological polar surface area (TPSA) is 90.4 Å². The second-order valence-electron chi connectivity index (χ2n) is 9.15. The molecule has 4 rings (SSSR count). The van der Waals surface area contributed by atoms with Crippen molar-refractivity contribution >= 4 is 22.7 Å². The van der Waals surface area contributed by atoms with E-state index >= 15 is 0 Å². The third kappa shape index (κ3) is 10.7. The molecule has 0 bridgehead atoms. The maximum absolute atomic E-state index is 9.37. The molecule has 0 unspecified atom stereocenters. The second-order valence-corrected chi connectivity index (χ2v) is 9.15. The molecule has 196 valence electrons. The summed E-state index contributed by atoms with van der Waals surface area (Å²) < 4.78 is 0. The third-order valence-electron chi connectivity index (χ3n) is 5.96. The fraction of sp³-hybridized carbons (Fsp3) is 0.483. The number of rotatable bonds is 10. The number of anilines is 1. The SMILES string of the molecule is C1CCC1.CCC(=O)O.CNCCCNc1nc(CN(C)Cc2ccccc2C)nc2ccccc12. The van der Waals surface area contributed by atoms with Gasteiger partial charge in [0, 0.05) is 24.9 Å². The number of aliphatic carboxylic acids is 1. The number of hydrogen-bond acceptors (Lipinski definition) is 6. The summed E-state index contributed by atoms with van der Waals surface area (Å²) in [6, 6.07) is 16.7. The zero-order valence-electron chi connectivity index (χ0n) is 22.4. The molecule has 7 heteroatoms. The Balaban J connectivity index is 0.000000429. The van der Waals surface area contributed by atoms with E-state index in [-0.39, 0.29) is 6.42 Å². The van der Waals surface area contributed by atoms with E-state index in [0.717, 1.165) is 48.6 Å². The van der Waals surface area contributed by atoms with Crippen molar-refractivity contribution in [3.05, 3.63) is 65.5 Å². The minimum absolute atomic E-state index is 0.222. The fourth-order valence-electron chi connectivity index (χ4n) is 3.43. The van der Waals surface area contributed by atoms with Gasteiger partial charge in [-0.3, -0.25) is 9.69 Å². The van der Waals surface area contributed by atoms with Crippen LogP contribution in [0, 0.1) is 6.92 Å². The number of carbonyl (C=O) groups is 1. The molecule has 3 aromatic rings. The highest BCUT2D eigenvalue weighted by Gasteiger charge is 2.10. The first-order valence-corrected chi connectivity index (χ1v) is 13.0. The number of aromatic nitrogens is 2. The van der Waals surface area contributed by atoms with E-state index in [2.05, 4.69) is 65.9 Å². The van der Waals surface area contributed by atoms with Crippen molar-refractivity contribution in [2.24, 2.45) is 0 Å². The molecule has 0 aliphatic heterocycles. The zero-order valence-corrected chi connectivity index (χ0v) is 22.4. The van der Waals surface area contributed by atoms with Crippen molar-refractivity contribution in [2.75, 3.05) is 32.5 Å². The van der Waals surface area contributed by atoms with Crippen LogP contribution in [0.15, 0.2) is 48.5 Å². The molecule has 0 radical (unpaired) electrons. The van der Waals surface area contributed by atoms with Gasteiger partial charge in [0.05, 0.1) is 12.1 Å². The lowest BCUT2D eigenvalue weighted by Crippen LogP contribution is -2.20. The highest BCUT2D eigenvalue weighted by Crippen LogP contribution is 2.21. The summed E-state index contributed by atoms with van der Waals surface area (Å²) in [6.45, 7) is 7.23. The summed E-state index contributed by atoms with van der Waals surface area (Å²) in [7, 11) is 4.09. The molecule has 1 fully saturated rings. The molecule has 36 heavy (non-hydrogen) atoms. The molecule has 1 aliphatic carbocycles. The quantitative estimate of drug-likeness (QED) is 0.315. The van der Waals surface area contributed by atoms with Crippen LogP contribution in [-0.2, 0) is 17.9 Å². The zero-order chi connectivity index (χ0) is 26.2. The molecule has 2 aromatic carbocycles. The van der Waals surface area contributed by atoms with E-state index in [1.807, 2.05) is 19.2 Å². The van der Waals surface area contributed by atoms with Crippen LogP contribution in [0.25, 0.3) is 10.9 Å². The molecule has 3 N–H and O–H groups in total. The Morgan fingerprint density at radius 2 is 1.61 bits per heavy atom. The number of fused-ring (bicyclic) bond motifs is 1. The van der Waals surface area contributed by atoms with Gasteiger partial charge in [0.2, 0.25) is 0 Å². The minimum atomic E-state index is -0.745. The minimum Gasteiger partial charge on any atom is -0.481 e. The number of benzene rings is 2. The van der Waals surface area contributed by atoms with Gasteiger partial charge in [-0.2, -0.15) is 0 Å². The van der Waals surface area contributed by atoms with Gasteiger partial charge in [0.15, 0.2) is 0 Å². The molecule has 0 saturated heterocycles. The number of nitrogens with one attached hydrogen (secondary N) is 2. The summed E-state index contributed by atoms with van der Waals surface area (Å²) in [5.41, 5.74) is 3.64. The molecule has 0 atom stereocenters. The summed E-state index contributed by atoms with van der Waals surface area (Å²) in [4.78, 5) is 21.2. The van der Waals surface area contributed by atoms with Gasteiger partial charge in [-0.15, -0.1) is 0 Å². The predicted molar refractivity (Wildman–Crippen MR) is 149 cm³/mol. The number of nitrogens with zero attached hydrogens (tertiary/aromatic N) is 3. The van der Waals surface area contributed by atoms with Crippen LogP contribution in [0.3, 0.4) is 0 Å². The molecular weight excluding hydrogens is 450 g/mol. The first-order valence-electron chi connectivity index (χ1n) is 13.0. The molecule has 1 aliphatic rings.